The van der Waals surface area contributed by atoms with Crippen molar-refractivity contribution in [1.29, 1.82) is 0 Å². The van der Waals surface area contributed by atoms with Crippen LogP contribution in [0.3, 0.4) is 0 Å². The first kappa shape index (κ1) is 14.7. The molecule has 0 aliphatic carbocycles. The fraction of sp³-hybridized carbons (Fsp3) is 0.357. The van der Waals surface area contributed by atoms with Gasteiger partial charge in [-0.1, -0.05) is 0 Å². The third-order valence-electron chi connectivity index (χ3n) is 3.70. The van der Waals surface area contributed by atoms with Crippen molar-refractivity contribution in [2.45, 2.75) is 18.9 Å². The Morgan fingerprint density at radius 2 is 2.23 bits per heavy atom. The van der Waals surface area contributed by atoms with Gasteiger partial charge in [0.25, 0.3) is 5.91 Å². The van der Waals surface area contributed by atoms with Crippen molar-refractivity contribution >= 4 is 15.7 Å². The maximum Gasteiger partial charge on any atom is 0.251 e. The van der Waals surface area contributed by atoms with Crippen LogP contribution in [-0.2, 0) is 9.84 Å². The number of hydrogen-bond donors (Lipinski definition) is 1. The van der Waals surface area contributed by atoms with Crippen LogP contribution < -0.4 is 5.32 Å². The van der Waals surface area contributed by atoms with Crippen molar-refractivity contribution in [3.63, 3.8) is 0 Å². The maximum absolute atomic E-state index is 12.4. The van der Waals surface area contributed by atoms with Gasteiger partial charge >= 0.3 is 0 Å². The summed E-state index contributed by atoms with van der Waals surface area (Å²) in [5.74, 6) is 0.365. The number of carbonyl (C=O) groups is 1. The molecule has 0 unspecified atom stereocenters. The molecule has 1 saturated heterocycles. The summed E-state index contributed by atoms with van der Waals surface area (Å²) in [6, 6.07) is 3.24. The first-order valence-corrected chi connectivity index (χ1v) is 8.66. The predicted octanol–water partition coefficient (Wildman–Crippen LogP) is 0.574. The van der Waals surface area contributed by atoms with Crippen molar-refractivity contribution in [3.05, 3.63) is 42.6 Å². The van der Waals surface area contributed by atoms with Crippen molar-refractivity contribution in [2.75, 3.05) is 11.5 Å². The van der Waals surface area contributed by atoms with E-state index in [2.05, 4.69) is 15.3 Å². The molecule has 0 saturated carbocycles. The lowest BCUT2D eigenvalue weighted by Crippen LogP contribution is -2.46. The Balaban J connectivity index is 1.80. The van der Waals surface area contributed by atoms with E-state index in [0.717, 1.165) is 0 Å². The molecule has 3 heterocycles. The van der Waals surface area contributed by atoms with Gasteiger partial charge in [-0.05, 0) is 25.5 Å². The van der Waals surface area contributed by atoms with E-state index in [9.17, 15) is 13.2 Å². The van der Waals surface area contributed by atoms with Crippen LogP contribution >= 0.6 is 0 Å². The van der Waals surface area contributed by atoms with Crippen LogP contribution in [0.5, 0.6) is 0 Å². The minimum absolute atomic E-state index is 0.0226. The number of aromatic nitrogens is 3. The van der Waals surface area contributed by atoms with E-state index >= 15 is 0 Å². The third kappa shape index (κ3) is 3.01. The zero-order chi connectivity index (χ0) is 15.8. The van der Waals surface area contributed by atoms with Gasteiger partial charge in [0.1, 0.15) is 12.1 Å². The minimum Gasteiger partial charge on any atom is -0.346 e. The lowest BCUT2D eigenvalue weighted by atomic mass is 10.0. The lowest BCUT2D eigenvalue weighted by Gasteiger charge is -2.23. The van der Waals surface area contributed by atoms with Crippen molar-refractivity contribution in [3.8, 4) is 5.82 Å². The van der Waals surface area contributed by atoms with Gasteiger partial charge in [0.2, 0.25) is 0 Å². The van der Waals surface area contributed by atoms with E-state index in [0.29, 0.717) is 17.8 Å². The molecule has 1 fully saturated rings. The minimum atomic E-state index is -3.06. The van der Waals surface area contributed by atoms with Crippen LogP contribution in [0.4, 0.5) is 0 Å². The fourth-order valence-corrected chi connectivity index (χ4v) is 4.64. The SMILES string of the molecule is C[C@@]1(NC(=O)c2ccnc(-n3ccnc3)c2)CCS(=O)(=O)C1. The summed E-state index contributed by atoms with van der Waals surface area (Å²) >= 11 is 0. The zero-order valence-electron chi connectivity index (χ0n) is 12.1. The van der Waals surface area contributed by atoms with Crippen LogP contribution in [0.25, 0.3) is 5.82 Å². The molecule has 0 radical (unpaired) electrons. The number of hydrogen-bond acceptors (Lipinski definition) is 5. The topological polar surface area (TPSA) is 93.9 Å². The number of amides is 1. The smallest absolute Gasteiger partial charge is 0.251 e. The van der Waals surface area contributed by atoms with Gasteiger partial charge in [-0.25, -0.2) is 18.4 Å². The van der Waals surface area contributed by atoms with E-state index in [1.807, 2.05) is 0 Å². The normalized spacial score (nSPS) is 23.3. The molecule has 116 valence electrons. The number of carbonyl (C=O) groups excluding carboxylic acids is 1. The molecule has 7 nitrogen and oxygen atoms in total. The van der Waals surface area contributed by atoms with E-state index < -0.39 is 15.4 Å². The number of nitrogens with zero attached hydrogens (tertiary/aromatic N) is 3. The average Bonchev–Trinajstić information content (AvgIpc) is 3.07. The highest BCUT2D eigenvalue weighted by Gasteiger charge is 2.39. The van der Waals surface area contributed by atoms with Crippen LogP contribution in [-0.4, -0.2) is 45.9 Å². The van der Waals surface area contributed by atoms with Crippen LogP contribution in [0.1, 0.15) is 23.7 Å². The lowest BCUT2D eigenvalue weighted by molar-refractivity contribution is 0.0915. The maximum atomic E-state index is 12.4. The van der Waals surface area contributed by atoms with Gasteiger partial charge in [-0.15, -0.1) is 0 Å². The standard InChI is InChI=1S/C14H16N4O3S/c1-14(3-7-22(20,21)9-14)17-13(19)11-2-4-16-12(8-11)18-6-5-15-10-18/h2,4-6,8,10H,3,7,9H2,1H3,(H,17,19)/t14-/m1/s1. The van der Waals surface area contributed by atoms with Gasteiger partial charge < -0.3 is 5.32 Å². The van der Waals surface area contributed by atoms with E-state index in [1.165, 1.54) is 6.20 Å². The predicted molar refractivity (Wildman–Crippen MR) is 80.5 cm³/mol. The summed E-state index contributed by atoms with van der Waals surface area (Å²) in [6.45, 7) is 1.76. The van der Waals surface area contributed by atoms with Crippen molar-refractivity contribution < 1.29 is 13.2 Å². The monoisotopic (exact) mass is 320 g/mol. The van der Waals surface area contributed by atoms with E-state index in [1.54, 1.807) is 42.3 Å². The summed E-state index contributed by atoms with van der Waals surface area (Å²) in [5, 5.41) is 2.83. The second-order valence-electron chi connectivity index (χ2n) is 5.73. The fourth-order valence-electron chi connectivity index (χ4n) is 2.55. The summed E-state index contributed by atoms with van der Waals surface area (Å²) in [4.78, 5) is 20.5. The highest BCUT2D eigenvalue weighted by molar-refractivity contribution is 7.91. The van der Waals surface area contributed by atoms with Crippen LogP contribution in [0.15, 0.2) is 37.1 Å². The van der Waals surface area contributed by atoms with E-state index in [-0.39, 0.29) is 17.4 Å². The molecule has 8 heteroatoms. The van der Waals surface area contributed by atoms with Crippen LogP contribution in [0.2, 0.25) is 0 Å². The molecular formula is C14H16N4O3S. The Kier molecular flexibility index (Phi) is 3.48. The summed E-state index contributed by atoms with van der Waals surface area (Å²) in [6.07, 6.45) is 6.92. The van der Waals surface area contributed by atoms with Crippen molar-refractivity contribution in [2.24, 2.45) is 0 Å². The molecule has 3 rings (SSSR count). The average molecular weight is 320 g/mol. The molecular weight excluding hydrogens is 304 g/mol. The zero-order valence-corrected chi connectivity index (χ0v) is 12.9. The number of sulfone groups is 1. The van der Waals surface area contributed by atoms with Gasteiger partial charge in [0, 0.05) is 24.2 Å². The second-order valence-corrected chi connectivity index (χ2v) is 7.91. The van der Waals surface area contributed by atoms with Gasteiger partial charge in [-0.3, -0.25) is 9.36 Å². The Labute approximate surface area is 128 Å². The van der Waals surface area contributed by atoms with Crippen LogP contribution in [0, 0.1) is 0 Å². The summed E-state index contributed by atoms with van der Waals surface area (Å²) in [5.41, 5.74) is -0.279. The molecule has 2 aromatic rings. The highest BCUT2D eigenvalue weighted by atomic mass is 32.2. The Morgan fingerprint density at radius 3 is 2.86 bits per heavy atom. The molecule has 1 aliphatic rings. The largest absolute Gasteiger partial charge is 0.346 e. The van der Waals surface area contributed by atoms with Gasteiger partial charge in [-0.2, -0.15) is 0 Å². The molecule has 1 aliphatic heterocycles. The molecule has 22 heavy (non-hydrogen) atoms. The Bertz CT molecular complexity index is 801. The number of rotatable bonds is 3. The molecule has 1 N–H and O–H groups in total. The van der Waals surface area contributed by atoms with Crippen molar-refractivity contribution in [1.82, 2.24) is 19.9 Å². The number of pyridine rings is 1. The Morgan fingerprint density at radius 1 is 1.41 bits per heavy atom. The molecule has 0 aromatic carbocycles. The second kappa shape index (κ2) is 5.20. The first-order chi connectivity index (χ1) is 10.4. The molecule has 2 aromatic heterocycles. The molecule has 0 bridgehead atoms. The Hall–Kier alpha value is -2.22. The third-order valence-corrected chi connectivity index (χ3v) is 5.60. The van der Waals surface area contributed by atoms with Gasteiger partial charge in [0.15, 0.2) is 9.84 Å². The summed E-state index contributed by atoms with van der Waals surface area (Å²) < 4.78 is 24.9. The molecule has 1 atom stereocenters. The molecule has 1 amide bonds. The van der Waals surface area contributed by atoms with Gasteiger partial charge in [0.05, 0.1) is 17.0 Å². The quantitative estimate of drug-likeness (QED) is 0.892. The number of nitrogens with one attached hydrogen (secondary N) is 1. The number of imidazole rings is 1. The molecule has 0 spiro atoms. The van der Waals surface area contributed by atoms with E-state index in [4.69, 9.17) is 0 Å². The first-order valence-electron chi connectivity index (χ1n) is 6.84. The summed E-state index contributed by atoms with van der Waals surface area (Å²) in [7, 11) is -3.06. The highest BCUT2D eigenvalue weighted by Crippen LogP contribution is 2.23.